The van der Waals surface area contributed by atoms with Gasteiger partial charge in [-0.25, -0.2) is 9.18 Å². The molecule has 1 aliphatic carbocycles. The molecule has 4 N–H and O–H groups in total. The summed E-state index contributed by atoms with van der Waals surface area (Å²) in [7, 11) is 0. The number of imide groups is 1. The van der Waals surface area contributed by atoms with E-state index in [1.54, 1.807) is 6.92 Å². The summed E-state index contributed by atoms with van der Waals surface area (Å²) in [5, 5.41) is 5.48. The lowest BCUT2D eigenvalue weighted by atomic mass is 9.92. The molecule has 4 amide bonds. The van der Waals surface area contributed by atoms with Gasteiger partial charge in [0.15, 0.2) is 0 Å². The van der Waals surface area contributed by atoms with Crippen molar-refractivity contribution in [1.82, 2.24) is 15.5 Å². The van der Waals surface area contributed by atoms with Crippen LogP contribution in [0.2, 0.25) is 0 Å². The SMILES string of the molecule is CC1(c2ccc(F)cc2)NC(=O)N(CC(=O)NC2CCCC2CN)C1=O.Cl. The second-order valence-corrected chi connectivity index (χ2v) is 7.05. The van der Waals surface area contributed by atoms with Crippen molar-refractivity contribution in [2.45, 2.75) is 37.8 Å². The van der Waals surface area contributed by atoms with E-state index in [2.05, 4.69) is 10.6 Å². The normalized spacial score (nSPS) is 27.3. The maximum atomic E-state index is 13.1. The van der Waals surface area contributed by atoms with E-state index < -0.39 is 23.3 Å². The number of nitrogens with zero attached hydrogens (tertiary/aromatic N) is 1. The highest BCUT2D eigenvalue weighted by atomic mass is 35.5. The molecule has 148 valence electrons. The molecule has 2 aliphatic rings. The number of nitrogens with two attached hydrogens (primary N) is 1. The maximum Gasteiger partial charge on any atom is 0.325 e. The summed E-state index contributed by atoms with van der Waals surface area (Å²) < 4.78 is 13.1. The number of rotatable bonds is 5. The number of halogens is 2. The zero-order chi connectivity index (χ0) is 18.9. The smallest absolute Gasteiger partial charge is 0.325 e. The van der Waals surface area contributed by atoms with Gasteiger partial charge in [0.1, 0.15) is 17.9 Å². The van der Waals surface area contributed by atoms with E-state index >= 15 is 0 Å². The summed E-state index contributed by atoms with van der Waals surface area (Å²) in [6.45, 7) is 1.69. The lowest BCUT2D eigenvalue weighted by molar-refractivity contribution is -0.135. The fraction of sp³-hybridized carbons (Fsp3) is 0.500. The van der Waals surface area contributed by atoms with Crippen molar-refractivity contribution in [2.24, 2.45) is 11.7 Å². The first-order valence-electron chi connectivity index (χ1n) is 8.74. The first kappa shape index (κ1) is 21.1. The summed E-state index contributed by atoms with van der Waals surface area (Å²) >= 11 is 0. The summed E-state index contributed by atoms with van der Waals surface area (Å²) in [4.78, 5) is 38.2. The minimum atomic E-state index is -1.32. The number of amides is 4. The average molecular weight is 399 g/mol. The van der Waals surface area contributed by atoms with Crippen LogP contribution in [0.25, 0.3) is 0 Å². The van der Waals surface area contributed by atoms with Crippen LogP contribution in [0.5, 0.6) is 0 Å². The number of carbonyl (C=O) groups is 3. The second kappa shape index (κ2) is 8.22. The van der Waals surface area contributed by atoms with Gasteiger partial charge in [0.2, 0.25) is 5.91 Å². The third kappa shape index (κ3) is 4.06. The molecule has 1 saturated heterocycles. The lowest BCUT2D eigenvalue weighted by Gasteiger charge is -2.23. The number of benzene rings is 1. The molecule has 0 aromatic heterocycles. The van der Waals surface area contributed by atoms with Gasteiger partial charge in [-0.2, -0.15) is 0 Å². The number of carbonyl (C=O) groups excluding carboxylic acids is 3. The molecule has 1 heterocycles. The Labute approximate surface area is 163 Å². The van der Waals surface area contributed by atoms with Crippen LogP contribution >= 0.6 is 12.4 Å². The van der Waals surface area contributed by atoms with Crippen LogP contribution in [-0.2, 0) is 15.1 Å². The van der Waals surface area contributed by atoms with Crippen LogP contribution in [0.15, 0.2) is 24.3 Å². The van der Waals surface area contributed by atoms with Gasteiger partial charge >= 0.3 is 6.03 Å². The molecule has 1 aromatic carbocycles. The molecule has 1 aromatic rings. The highest BCUT2D eigenvalue weighted by Gasteiger charge is 2.49. The lowest BCUT2D eigenvalue weighted by Crippen LogP contribution is -2.47. The Balaban J connectivity index is 0.00000261. The maximum absolute atomic E-state index is 13.1. The van der Waals surface area contributed by atoms with E-state index in [0.29, 0.717) is 12.1 Å². The Morgan fingerprint density at radius 2 is 2.00 bits per heavy atom. The highest BCUT2D eigenvalue weighted by molar-refractivity contribution is 6.09. The van der Waals surface area contributed by atoms with E-state index in [0.717, 1.165) is 24.2 Å². The molecule has 3 unspecified atom stereocenters. The minimum absolute atomic E-state index is 0. The van der Waals surface area contributed by atoms with Crippen molar-refractivity contribution in [1.29, 1.82) is 0 Å². The zero-order valence-corrected chi connectivity index (χ0v) is 15.9. The molecule has 1 saturated carbocycles. The van der Waals surface area contributed by atoms with Crippen LogP contribution in [0, 0.1) is 11.7 Å². The van der Waals surface area contributed by atoms with Gasteiger partial charge in [0, 0.05) is 6.04 Å². The Bertz CT molecular complexity index is 730. The first-order valence-corrected chi connectivity index (χ1v) is 8.74. The predicted octanol–water partition coefficient (Wildman–Crippen LogP) is 1.26. The van der Waals surface area contributed by atoms with Gasteiger partial charge in [-0.05, 0) is 49.9 Å². The van der Waals surface area contributed by atoms with Gasteiger partial charge in [0.05, 0.1) is 0 Å². The molecule has 1 aliphatic heterocycles. The number of hydrogen-bond donors (Lipinski definition) is 3. The zero-order valence-electron chi connectivity index (χ0n) is 15.0. The molecule has 7 nitrogen and oxygen atoms in total. The topological polar surface area (TPSA) is 105 Å². The Morgan fingerprint density at radius 1 is 1.33 bits per heavy atom. The molecule has 0 spiro atoms. The molecule has 0 radical (unpaired) electrons. The van der Waals surface area contributed by atoms with Gasteiger partial charge in [-0.1, -0.05) is 18.6 Å². The molecule has 9 heteroatoms. The van der Waals surface area contributed by atoms with Crippen molar-refractivity contribution in [2.75, 3.05) is 13.1 Å². The van der Waals surface area contributed by atoms with Crippen molar-refractivity contribution >= 4 is 30.3 Å². The molecule has 3 rings (SSSR count). The molecule has 2 fully saturated rings. The van der Waals surface area contributed by atoms with Crippen molar-refractivity contribution in [3.8, 4) is 0 Å². The molecule has 3 atom stereocenters. The predicted molar refractivity (Wildman–Crippen MR) is 99.6 cm³/mol. The second-order valence-electron chi connectivity index (χ2n) is 7.05. The van der Waals surface area contributed by atoms with E-state index in [9.17, 15) is 18.8 Å². The molecular weight excluding hydrogens is 375 g/mol. The van der Waals surface area contributed by atoms with Crippen LogP contribution in [0.4, 0.5) is 9.18 Å². The summed E-state index contributed by atoms with van der Waals surface area (Å²) in [5.41, 5.74) is 4.85. The third-order valence-electron chi connectivity index (χ3n) is 5.31. The quantitative estimate of drug-likeness (QED) is 0.649. The molecule has 27 heavy (non-hydrogen) atoms. The Hall–Kier alpha value is -2.19. The van der Waals surface area contributed by atoms with E-state index in [4.69, 9.17) is 5.73 Å². The largest absolute Gasteiger partial charge is 0.351 e. The monoisotopic (exact) mass is 398 g/mol. The van der Waals surface area contributed by atoms with Gasteiger partial charge in [-0.3, -0.25) is 14.5 Å². The Morgan fingerprint density at radius 3 is 2.63 bits per heavy atom. The summed E-state index contributed by atoms with van der Waals surface area (Å²) in [6.07, 6.45) is 2.81. The highest BCUT2D eigenvalue weighted by Crippen LogP contribution is 2.29. The van der Waals surface area contributed by atoms with E-state index in [-0.39, 0.29) is 36.8 Å². The fourth-order valence-corrected chi connectivity index (χ4v) is 3.72. The number of hydrogen-bond acceptors (Lipinski definition) is 4. The van der Waals surface area contributed by atoms with Crippen LogP contribution in [0.1, 0.15) is 31.7 Å². The van der Waals surface area contributed by atoms with Crippen LogP contribution in [-0.4, -0.2) is 41.9 Å². The standard InChI is InChI=1S/C18H23FN4O3.ClH/c1-18(12-5-7-13(19)8-6-12)16(25)23(17(26)22-18)10-15(24)21-14-4-2-3-11(14)9-20;/h5-8,11,14H,2-4,9-10,20H2,1H3,(H,21,24)(H,22,26);1H. The number of nitrogens with one attached hydrogen (secondary N) is 2. The van der Waals surface area contributed by atoms with E-state index in [1.807, 2.05) is 0 Å². The molecule has 0 bridgehead atoms. The van der Waals surface area contributed by atoms with Crippen molar-refractivity contribution in [3.63, 3.8) is 0 Å². The Kier molecular flexibility index (Phi) is 6.43. The van der Waals surface area contributed by atoms with Crippen LogP contribution < -0.4 is 16.4 Å². The molecular formula is C18H24ClFN4O3. The van der Waals surface area contributed by atoms with Gasteiger partial charge < -0.3 is 16.4 Å². The number of urea groups is 1. The van der Waals surface area contributed by atoms with Crippen LogP contribution in [0.3, 0.4) is 0 Å². The van der Waals surface area contributed by atoms with Gasteiger partial charge in [0.25, 0.3) is 5.91 Å². The summed E-state index contributed by atoms with van der Waals surface area (Å²) in [5.74, 6) is -1.13. The van der Waals surface area contributed by atoms with Gasteiger partial charge in [-0.15, -0.1) is 12.4 Å². The van der Waals surface area contributed by atoms with Crippen molar-refractivity contribution < 1.29 is 18.8 Å². The first-order chi connectivity index (χ1) is 12.3. The minimum Gasteiger partial charge on any atom is -0.351 e. The summed E-state index contributed by atoms with van der Waals surface area (Å²) in [6, 6.07) is 4.68. The fourth-order valence-electron chi connectivity index (χ4n) is 3.72. The van der Waals surface area contributed by atoms with E-state index in [1.165, 1.54) is 24.3 Å². The average Bonchev–Trinajstić information content (AvgIpc) is 3.13. The van der Waals surface area contributed by atoms with Crippen molar-refractivity contribution in [3.05, 3.63) is 35.6 Å². The third-order valence-corrected chi connectivity index (χ3v) is 5.31.